The van der Waals surface area contributed by atoms with Crippen LogP contribution in [0.4, 0.5) is 0 Å². The number of ether oxygens (including phenoxy) is 1. The average Bonchev–Trinajstić information content (AvgIpc) is 2.83. The molecule has 1 fully saturated rings. The Hall–Kier alpha value is -0.980. The maximum absolute atomic E-state index is 11.7. The zero-order valence-corrected chi connectivity index (χ0v) is 9.76. The highest BCUT2D eigenvalue weighted by Gasteiger charge is 2.20. The fourth-order valence-corrected chi connectivity index (χ4v) is 2.15. The molecule has 1 aromatic heterocycles. The van der Waals surface area contributed by atoms with E-state index in [1.807, 2.05) is 5.38 Å². The van der Waals surface area contributed by atoms with Gasteiger partial charge in [-0.1, -0.05) is 0 Å². The summed E-state index contributed by atoms with van der Waals surface area (Å²) in [4.78, 5) is 15.8. The van der Waals surface area contributed by atoms with Crippen LogP contribution in [-0.2, 0) is 16.0 Å². The number of amides is 1. The smallest absolute Gasteiger partial charge is 0.239 e. The molecular weight excluding hydrogens is 226 g/mol. The fourth-order valence-electron chi connectivity index (χ4n) is 1.53. The van der Waals surface area contributed by atoms with Crippen LogP contribution in [0.3, 0.4) is 0 Å². The molecule has 0 aliphatic carbocycles. The molecule has 1 unspecified atom stereocenters. The molecule has 2 N–H and O–H groups in total. The highest BCUT2D eigenvalue weighted by atomic mass is 32.1. The average molecular weight is 241 g/mol. The molecule has 0 spiro atoms. The summed E-state index contributed by atoms with van der Waals surface area (Å²) in [6.45, 7) is 2.51. The number of carbonyl (C=O) groups is 1. The van der Waals surface area contributed by atoms with Crippen molar-refractivity contribution in [2.75, 3.05) is 26.3 Å². The van der Waals surface area contributed by atoms with E-state index in [1.165, 1.54) is 0 Å². The van der Waals surface area contributed by atoms with E-state index in [-0.39, 0.29) is 11.9 Å². The van der Waals surface area contributed by atoms with Gasteiger partial charge in [-0.05, 0) is 0 Å². The van der Waals surface area contributed by atoms with Crippen LogP contribution in [0, 0.1) is 0 Å². The van der Waals surface area contributed by atoms with Crippen molar-refractivity contribution >= 4 is 17.2 Å². The Bertz CT molecular complexity index is 323. The van der Waals surface area contributed by atoms with Gasteiger partial charge in [0.1, 0.15) is 6.04 Å². The second-order valence-corrected chi connectivity index (χ2v) is 4.53. The van der Waals surface area contributed by atoms with E-state index in [1.54, 1.807) is 17.5 Å². The van der Waals surface area contributed by atoms with Crippen LogP contribution >= 0.6 is 11.3 Å². The van der Waals surface area contributed by atoms with Gasteiger partial charge < -0.3 is 15.4 Å². The Labute approximate surface area is 98.2 Å². The number of carbonyl (C=O) groups excluding carboxylic acids is 1. The molecule has 16 heavy (non-hydrogen) atoms. The van der Waals surface area contributed by atoms with Crippen molar-refractivity contribution in [2.24, 2.45) is 0 Å². The van der Waals surface area contributed by atoms with Crippen molar-refractivity contribution in [2.45, 2.75) is 12.5 Å². The standard InChI is InChI=1S/C10H15N3O2S/c14-10(8-7-15-5-3-11-8)13-2-1-9-12-4-6-16-9/h4,6,8,11H,1-3,5,7H2,(H,13,14). The number of thiazole rings is 1. The first-order chi connectivity index (χ1) is 7.86. The minimum atomic E-state index is -0.204. The first-order valence-electron chi connectivity index (χ1n) is 5.33. The van der Waals surface area contributed by atoms with Gasteiger partial charge in [0.2, 0.25) is 5.91 Å². The molecule has 0 saturated carbocycles. The summed E-state index contributed by atoms with van der Waals surface area (Å²) >= 11 is 1.61. The predicted octanol–water partition coefficient (Wildman–Crippen LogP) is -0.210. The van der Waals surface area contributed by atoms with Crippen molar-refractivity contribution < 1.29 is 9.53 Å². The maximum atomic E-state index is 11.7. The molecular formula is C10H15N3O2S. The number of aromatic nitrogens is 1. The lowest BCUT2D eigenvalue weighted by Gasteiger charge is -2.22. The lowest BCUT2D eigenvalue weighted by Crippen LogP contribution is -2.51. The van der Waals surface area contributed by atoms with Crippen LogP contribution in [-0.4, -0.2) is 43.2 Å². The van der Waals surface area contributed by atoms with Gasteiger partial charge in [0, 0.05) is 31.1 Å². The molecule has 1 aliphatic heterocycles. The van der Waals surface area contributed by atoms with E-state index in [2.05, 4.69) is 15.6 Å². The minimum Gasteiger partial charge on any atom is -0.378 e. The molecule has 5 nitrogen and oxygen atoms in total. The summed E-state index contributed by atoms with van der Waals surface area (Å²) < 4.78 is 5.22. The summed E-state index contributed by atoms with van der Waals surface area (Å²) in [5.74, 6) is 0.0104. The molecule has 0 radical (unpaired) electrons. The molecule has 2 heterocycles. The van der Waals surface area contributed by atoms with Crippen molar-refractivity contribution in [1.29, 1.82) is 0 Å². The van der Waals surface area contributed by atoms with Crippen LogP contribution in [0.25, 0.3) is 0 Å². The van der Waals surface area contributed by atoms with Gasteiger partial charge in [-0.2, -0.15) is 0 Å². The molecule has 1 saturated heterocycles. The van der Waals surface area contributed by atoms with Crippen molar-refractivity contribution in [3.8, 4) is 0 Å². The van der Waals surface area contributed by atoms with Crippen LogP contribution in [0.1, 0.15) is 5.01 Å². The fraction of sp³-hybridized carbons (Fsp3) is 0.600. The number of nitrogens with zero attached hydrogens (tertiary/aromatic N) is 1. The number of nitrogens with one attached hydrogen (secondary N) is 2. The monoisotopic (exact) mass is 241 g/mol. The van der Waals surface area contributed by atoms with Gasteiger partial charge in [-0.3, -0.25) is 4.79 Å². The summed E-state index contributed by atoms with van der Waals surface area (Å²) in [5.41, 5.74) is 0. The van der Waals surface area contributed by atoms with Crippen molar-refractivity contribution in [1.82, 2.24) is 15.6 Å². The van der Waals surface area contributed by atoms with Gasteiger partial charge >= 0.3 is 0 Å². The molecule has 1 aliphatic rings. The van der Waals surface area contributed by atoms with E-state index in [0.717, 1.165) is 18.0 Å². The second kappa shape index (κ2) is 5.93. The Morgan fingerprint density at radius 1 is 1.75 bits per heavy atom. The maximum Gasteiger partial charge on any atom is 0.239 e. The zero-order valence-electron chi connectivity index (χ0n) is 8.94. The Kier molecular flexibility index (Phi) is 4.26. The topological polar surface area (TPSA) is 63.2 Å². The third kappa shape index (κ3) is 3.26. The lowest BCUT2D eigenvalue weighted by molar-refractivity contribution is -0.125. The Morgan fingerprint density at radius 2 is 2.69 bits per heavy atom. The normalized spacial score (nSPS) is 20.6. The van der Waals surface area contributed by atoms with Crippen LogP contribution < -0.4 is 10.6 Å². The third-order valence-corrected chi connectivity index (χ3v) is 3.20. The molecule has 1 amide bonds. The quantitative estimate of drug-likeness (QED) is 0.765. The van der Waals surface area contributed by atoms with E-state index in [9.17, 15) is 4.79 Å². The Morgan fingerprint density at radius 3 is 3.38 bits per heavy atom. The largest absolute Gasteiger partial charge is 0.378 e. The van der Waals surface area contributed by atoms with Gasteiger partial charge in [-0.15, -0.1) is 11.3 Å². The lowest BCUT2D eigenvalue weighted by atomic mass is 10.2. The Balaban J connectivity index is 1.67. The van der Waals surface area contributed by atoms with Gasteiger partial charge in [0.15, 0.2) is 0 Å². The number of hydrogen-bond acceptors (Lipinski definition) is 5. The molecule has 1 aromatic rings. The summed E-state index contributed by atoms with van der Waals surface area (Å²) in [6, 6.07) is -0.204. The number of rotatable bonds is 4. The van der Waals surface area contributed by atoms with Crippen molar-refractivity contribution in [3.63, 3.8) is 0 Å². The summed E-state index contributed by atoms with van der Waals surface area (Å²) in [6.07, 6.45) is 2.56. The molecule has 2 rings (SSSR count). The predicted molar refractivity (Wildman–Crippen MR) is 61.4 cm³/mol. The first kappa shape index (κ1) is 11.5. The van der Waals surface area contributed by atoms with Gasteiger partial charge in [0.05, 0.1) is 18.2 Å². The van der Waals surface area contributed by atoms with E-state index in [4.69, 9.17) is 4.74 Å². The van der Waals surface area contributed by atoms with E-state index >= 15 is 0 Å². The van der Waals surface area contributed by atoms with E-state index in [0.29, 0.717) is 19.8 Å². The number of hydrogen-bond donors (Lipinski definition) is 2. The second-order valence-electron chi connectivity index (χ2n) is 3.55. The highest BCUT2D eigenvalue weighted by Crippen LogP contribution is 2.03. The molecule has 88 valence electrons. The zero-order chi connectivity index (χ0) is 11.2. The van der Waals surface area contributed by atoms with Crippen LogP contribution in [0.5, 0.6) is 0 Å². The van der Waals surface area contributed by atoms with Crippen molar-refractivity contribution in [3.05, 3.63) is 16.6 Å². The summed E-state index contributed by atoms with van der Waals surface area (Å²) in [5, 5.41) is 8.98. The highest BCUT2D eigenvalue weighted by molar-refractivity contribution is 7.09. The molecule has 0 bridgehead atoms. The number of morpholine rings is 1. The van der Waals surface area contributed by atoms with E-state index < -0.39 is 0 Å². The summed E-state index contributed by atoms with van der Waals surface area (Å²) in [7, 11) is 0. The van der Waals surface area contributed by atoms with Gasteiger partial charge in [0.25, 0.3) is 0 Å². The minimum absolute atomic E-state index is 0.0104. The SMILES string of the molecule is O=C(NCCc1nccs1)C1COCCN1. The molecule has 0 aromatic carbocycles. The first-order valence-corrected chi connectivity index (χ1v) is 6.21. The third-order valence-electron chi connectivity index (χ3n) is 2.36. The van der Waals surface area contributed by atoms with Crippen LogP contribution in [0.15, 0.2) is 11.6 Å². The molecule has 6 heteroatoms. The van der Waals surface area contributed by atoms with Crippen LogP contribution in [0.2, 0.25) is 0 Å². The van der Waals surface area contributed by atoms with Gasteiger partial charge in [-0.25, -0.2) is 4.98 Å². The molecule has 1 atom stereocenters.